The zero-order chi connectivity index (χ0) is 18.4. The van der Waals surface area contributed by atoms with Gasteiger partial charge in [-0.25, -0.2) is 0 Å². The number of ether oxygens (including phenoxy) is 1. The Morgan fingerprint density at radius 3 is 2.32 bits per heavy atom. The van der Waals surface area contributed by atoms with Crippen molar-refractivity contribution in [3.63, 3.8) is 0 Å². The largest absolute Gasteiger partial charge is 0.372 e. The molecule has 2 fully saturated rings. The summed E-state index contributed by atoms with van der Waals surface area (Å²) < 4.78 is 4.63. The summed E-state index contributed by atoms with van der Waals surface area (Å²) in [5.41, 5.74) is 0.0894. The van der Waals surface area contributed by atoms with Crippen LogP contribution < -0.4 is 5.32 Å². The lowest BCUT2D eigenvalue weighted by atomic mass is 10.1. The number of morpholine rings is 1. The van der Waals surface area contributed by atoms with E-state index in [1.807, 2.05) is 13.8 Å². The first-order chi connectivity index (χ1) is 11.6. The van der Waals surface area contributed by atoms with Crippen molar-refractivity contribution in [1.82, 2.24) is 4.90 Å². The number of anilines is 1. The van der Waals surface area contributed by atoms with Gasteiger partial charge in [-0.05, 0) is 39.3 Å². The van der Waals surface area contributed by atoms with E-state index in [1.54, 1.807) is 36.1 Å². The number of carbonyl (C=O) groups excluding carboxylic acids is 2. The molecule has 1 heterocycles. The summed E-state index contributed by atoms with van der Waals surface area (Å²) in [5, 5.41) is 2.82. The molecule has 2 amide bonds. The highest BCUT2D eigenvalue weighted by Gasteiger charge is 2.67. The number of para-hydroxylation sites is 1. The van der Waals surface area contributed by atoms with E-state index in [1.165, 1.54) is 0 Å². The van der Waals surface area contributed by atoms with Crippen LogP contribution in [0.5, 0.6) is 0 Å². The summed E-state index contributed by atoms with van der Waals surface area (Å²) >= 11 is 12.2. The second-order valence-corrected chi connectivity index (χ2v) is 8.66. The van der Waals surface area contributed by atoms with Crippen LogP contribution >= 0.6 is 23.2 Å². The molecule has 0 spiro atoms. The van der Waals surface area contributed by atoms with Gasteiger partial charge >= 0.3 is 0 Å². The van der Waals surface area contributed by atoms with Crippen molar-refractivity contribution in [3.8, 4) is 0 Å². The highest BCUT2D eigenvalue weighted by atomic mass is 35.5. The molecular formula is C18H22Cl2N2O3. The normalized spacial score (nSPS) is 30.7. The van der Waals surface area contributed by atoms with E-state index in [-0.39, 0.29) is 24.0 Å². The second-order valence-electron chi connectivity index (χ2n) is 7.18. The SMILES string of the molecule is C[C@@H]1CN(C(=O)c2ccccc2NC(=O)[C@]2(C)CC2(Cl)Cl)C[C@@H](C)O1. The lowest BCUT2D eigenvalue weighted by Crippen LogP contribution is -2.48. The molecule has 3 rings (SSSR count). The average molecular weight is 385 g/mol. The van der Waals surface area contributed by atoms with Crippen molar-refractivity contribution in [2.24, 2.45) is 5.41 Å². The summed E-state index contributed by atoms with van der Waals surface area (Å²) in [4.78, 5) is 27.3. The first kappa shape index (κ1) is 18.5. The van der Waals surface area contributed by atoms with Gasteiger partial charge in [-0.2, -0.15) is 0 Å². The van der Waals surface area contributed by atoms with Crippen molar-refractivity contribution in [1.29, 1.82) is 0 Å². The molecule has 25 heavy (non-hydrogen) atoms. The van der Waals surface area contributed by atoms with E-state index in [0.29, 0.717) is 30.8 Å². The van der Waals surface area contributed by atoms with Gasteiger partial charge in [0.2, 0.25) is 5.91 Å². The van der Waals surface area contributed by atoms with Crippen LogP contribution in [0.4, 0.5) is 5.69 Å². The molecule has 1 aliphatic heterocycles. The summed E-state index contributed by atoms with van der Waals surface area (Å²) in [6.45, 7) is 6.65. The first-order valence-corrected chi connectivity index (χ1v) is 9.13. The topological polar surface area (TPSA) is 58.6 Å². The smallest absolute Gasteiger partial charge is 0.256 e. The summed E-state index contributed by atoms with van der Waals surface area (Å²) in [5.74, 6) is -0.400. The van der Waals surface area contributed by atoms with Gasteiger partial charge in [0.05, 0.1) is 28.9 Å². The predicted molar refractivity (Wildman–Crippen MR) is 98.1 cm³/mol. The molecule has 0 bridgehead atoms. The minimum Gasteiger partial charge on any atom is -0.372 e. The Balaban J connectivity index is 1.79. The predicted octanol–water partition coefficient (Wildman–Crippen LogP) is 3.46. The maximum atomic E-state index is 13.0. The van der Waals surface area contributed by atoms with E-state index in [9.17, 15) is 9.59 Å². The fraction of sp³-hybridized carbons (Fsp3) is 0.556. The Bertz CT molecular complexity index is 699. The van der Waals surface area contributed by atoms with Crippen LogP contribution in [0.2, 0.25) is 0 Å². The quantitative estimate of drug-likeness (QED) is 0.811. The Morgan fingerprint density at radius 2 is 1.76 bits per heavy atom. The molecule has 0 unspecified atom stereocenters. The molecule has 1 aromatic carbocycles. The molecule has 3 atom stereocenters. The van der Waals surface area contributed by atoms with Crippen molar-refractivity contribution in [2.75, 3.05) is 18.4 Å². The molecule has 5 nitrogen and oxygen atoms in total. The van der Waals surface area contributed by atoms with Crippen molar-refractivity contribution in [2.45, 2.75) is 43.7 Å². The number of nitrogens with one attached hydrogen (secondary N) is 1. The number of hydrogen-bond acceptors (Lipinski definition) is 3. The number of benzene rings is 1. The number of nitrogens with zero attached hydrogens (tertiary/aromatic N) is 1. The Hall–Kier alpha value is -1.30. The zero-order valence-electron chi connectivity index (χ0n) is 14.5. The molecule has 1 aliphatic carbocycles. The highest BCUT2D eigenvalue weighted by Crippen LogP contribution is 2.64. The molecule has 1 saturated heterocycles. The monoisotopic (exact) mass is 384 g/mol. The molecule has 136 valence electrons. The van der Waals surface area contributed by atoms with Gasteiger partial charge in [-0.1, -0.05) is 12.1 Å². The average Bonchev–Trinajstić information content (AvgIpc) is 3.06. The van der Waals surface area contributed by atoms with Gasteiger partial charge in [0.15, 0.2) is 0 Å². The minimum absolute atomic E-state index is 0.0204. The van der Waals surface area contributed by atoms with Crippen LogP contribution in [0, 0.1) is 5.41 Å². The summed E-state index contributed by atoms with van der Waals surface area (Å²) in [7, 11) is 0. The van der Waals surface area contributed by atoms with Crippen molar-refractivity contribution >= 4 is 40.7 Å². The third kappa shape index (κ3) is 3.50. The van der Waals surface area contributed by atoms with Crippen LogP contribution in [0.15, 0.2) is 24.3 Å². The van der Waals surface area contributed by atoms with Crippen LogP contribution in [0.25, 0.3) is 0 Å². The molecule has 0 aromatic heterocycles. The standard InChI is InChI=1S/C18H22Cl2N2O3/c1-11-8-22(9-12(2)25-11)15(23)13-6-4-5-7-14(13)21-16(24)17(3)10-18(17,19)20/h4-7,11-12H,8-10H2,1-3H3,(H,21,24)/t11-,12-,17+/m1/s1. The van der Waals surface area contributed by atoms with Crippen LogP contribution in [-0.4, -0.2) is 46.3 Å². The van der Waals surface area contributed by atoms with E-state index < -0.39 is 9.75 Å². The molecular weight excluding hydrogens is 363 g/mol. The van der Waals surface area contributed by atoms with E-state index in [2.05, 4.69) is 5.32 Å². The first-order valence-electron chi connectivity index (χ1n) is 8.37. The number of halogens is 2. The van der Waals surface area contributed by atoms with Crippen LogP contribution in [0.3, 0.4) is 0 Å². The van der Waals surface area contributed by atoms with Crippen LogP contribution in [0.1, 0.15) is 37.6 Å². The fourth-order valence-electron chi connectivity index (χ4n) is 3.20. The summed E-state index contributed by atoms with van der Waals surface area (Å²) in [6, 6.07) is 6.99. The lowest BCUT2D eigenvalue weighted by Gasteiger charge is -2.35. The minimum atomic E-state index is -1.05. The van der Waals surface area contributed by atoms with Gasteiger partial charge in [0.25, 0.3) is 5.91 Å². The molecule has 1 saturated carbocycles. The number of alkyl halides is 2. The van der Waals surface area contributed by atoms with Crippen LogP contribution in [-0.2, 0) is 9.53 Å². The van der Waals surface area contributed by atoms with E-state index >= 15 is 0 Å². The van der Waals surface area contributed by atoms with Gasteiger partial charge in [-0.3, -0.25) is 9.59 Å². The number of hydrogen-bond donors (Lipinski definition) is 1. The maximum Gasteiger partial charge on any atom is 0.256 e. The second kappa shape index (κ2) is 6.45. The van der Waals surface area contributed by atoms with Gasteiger partial charge in [0, 0.05) is 13.1 Å². The number of rotatable bonds is 3. The molecule has 2 aliphatic rings. The third-order valence-corrected chi connectivity index (χ3v) is 5.97. The van der Waals surface area contributed by atoms with E-state index in [4.69, 9.17) is 27.9 Å². The number of amides is 2. The zero-order valence-corrected chi connectivity index (χ0v) is 16.0. The van der Waals surface area contributed by atoms with Crippen molar-refractivity contribution < 1.29 is 14.3 Å². The Morgan fingerprint density at radius 1 is 1.20 bits per heavy atom. The fourth-order valence-corrected chi connectivity index (χ4v) is 3.91. The van der Waals surface area contributed by atoms with Crippen molar-refractivity contribution in [3.05, 3.63) is 29.8 Å². The van der Waals surface area contributed by atoms with Gasteiger partial charge in [-0.15, -0.1) is 23.2 Å². The Kier molecular flexibility index (Phi) is 4.77. The summed E-state index contributed by atoms with van der Waals surface area (Å²) in [6.07, 6.45) is 0.352. The lowest BCUT2D eigenvalue weighted by molar-refractivity contribution is -0.120. The highest BCUT2D eigenvalue weighted by molar-refractivity contribution is 6.53. The van der Waals surface area contributed by atoms with Gasteiger partial charge in [0.1, 0.15) is 4.33 Å². The number of carbonyl (C=O) groups is 2. The van der Waals surface area contributed by atoms with E-state index in [0.717, 1.165) is 0 Å². The Labute approximate surface area is 157 Å². The molecule has 7 heteroatoms. The third-order valence-electron chi connectivity index (χ3n) is 4.87. The van der Waals surface area contributed by atoms with Gasteiger partial charge < -0.3 is 15.0 Å². The molecule has 1 N–H and O–H groups in total. The maximum absolute atomic E-state index is 13.0. The molecule has 0 radical (unpaired) electrons. The molecule has 1 aromatic rings.